The van der Waals surface area contributed by atoms with Gasteiger partial charge in [-0.25, -0.2) is 0 Å². The summed E-state index contributed by atoms with van der Waals surface area (Å²) in [6.45, 7) is 0.368. The molecule has 2 rings (SSSR count). The van der Waals surface area contributed by atoms with Gasteiger partial charge in [-0.1, -0.05) is 18.2 Å². The molecular formula is C16H21NO4. The third kappa shape index (κ3) is 4.04. The fourth-order valence-electron chi connectivity index (χ4n) is 2.73. The minimum atomic E-state index is -0.441. The van der Waals surface area contributed by atoms with Gasteiger partial charge in [-0.15, -0.1) is 0 Å². The second kappa shape index (κ2) is 7.22. The molecule has 0 aliphatic heterocycles. The molecule has 0 aromatic heterocycles. The van der Waals surface area contributed by atoms with Crippen LogP contribution in [0.25, 0.3) is 0 Å². The van der Waals surface area contributed by atoms with Crippen LogP contribution >= 0.6 is 0 Å². The van der Waals surface area contributed by atoms with Crippen molar-refractivity contribution in [1.29, 1.82) is 0 Å². The number of benzene rings is 1. The molecule has 0 spiro atoms. The number of carbonyl (C=O) groups excluding carboxylic acids is 2. The predicted molar refractivity (Wildman–Crippen MR) is 77.5 cm³/mol. The second-order valence-electron chi connectivity index (χ2n) is 5.33. The number of carbonyl (C=O) groups is 2. The number of hydrogen-bond acceptors (Lipinski definition) is 4. The van der Waals surface area contributed by atoms with Crippen LogP contribution in [0.15, 0.2) is 24.3 Å². The molecule has 1 aromatic rings. The Kier molecular flexibility index (Phi) is 5.33. The summed E-state index contributed by atoms with van der Waals surface area (Å²) < 4.78 is 10.6. The van der Waals surface area contributed by atoms with E-state index in [0.717, 1.165) is 31.2 Å². The molecule has 1 aromatic carbocycles. The number of rotatable bonds is 5. The van der Waals surface area contributed by atoms with Crippen LogP contribution in [0.1, 0.15) is 41.6 Å². The van der Waals surface area contributed by atoms with E-state index in [-0.39, 0.29) is 18.0 Å². The largest absolute Gasteiger partial charge is 0.469 e. The summed E-state index contributed by atoms with van der Waals surface area (Å²) in [4.78, 5) is 22.8. The molecule has 114 valence electrons. The lowest BCUT2D eigenvalue weighted by atomic mass is 9.87. The van der Waals surface area contributed by atoms with E-state index in [4.69, 9.17) is 15.2 Å². The molecule has 5 heteroatoms. The van der Waals surface area contributed by atoms with Crippen molar-refractivity contribution >= 4 is 11.9 Å². The maximum absolute atomic E-state index is 11.5. The summed E-state index contributed by atoms with van der Waals surface area (Å²) in [5.41, 5.74) is 6.65. The van der Waals surface area contributed by atoms with E-state index >= 15 is 0 Å². The molecule has 1 saturated carbocycles. The van der Waals surface area contributed by atoms with E-state index in [9.17, 15) is 9.59 Å². The minimum absolute atomic E-state index is 0.00671. The molecule has 0 radical (unpaired) electrons. The lowest BCUT2D eigenvalue weighted by Crippen LogP contribution is -2.27. The van der Waals surface area contributed by atoms with Crippen LogP contribution < -0.4 is 5.73 Å². The third-order valence-electron chi connectivity index (χ3n) is 3.97. The highest BCUT2D eigenvalue weighted by Crippen LogP contribution is 2.27. The van der Waals surface area contributed by atoms with E-state index in [2.05, 4.69) is 0 Å². The number of ether oxygens (including phenoxy) is 2. The number of hydrogen-bond donors (Lipinski definition) is 1. The quantitative estimate of drug-likeness (QED) is 0.842. The molecule has 0 saturated heterocycles. The predicted octanol–water partition coefficient (Wildman–Crippen LogP) is 2.03. The summed E-state index contributed by atoms with van der Waals surface area (Å²) in [6, 6.07) is 7.19. The first-order chi connectivity index (χ1) is 10.1. The van der Waals surface area contributed by atoms with E-state index < -0.39 is 5.91 Å². The first-order valence-electron chi connectivity index (χ1n) is 7.19. The maximum Gasteiger partial charge on any atom is 0.308 e. The van der Waals surface area contributed by atoms with Crippen molar-refractivity contribution in [3.05, 3.63) is 35.4 Å². The Morgan fingerprint density at radius 2 is 1.86 bits per heavy atom. The first kappa shape index (κ1) is 15.5. The lowest BCUT2D eigenvalue weighted by Gasteiger charge is -2.27. The number of methoxy groups -OCH3 is 1. The number of esters is 1. The molecule has 21 heavy (non-hydrogen) atoms. The average Bonchev–Trinajstić information content (AvgIpc) is 2.52. The van der Waals surface area contributed by atoms with Crippen LogP contribution in [0.4, 0.5) is 0 Å². The highest BCUT2D eigenvalue weighted by Gasteiger charge is 2.27. The van der Waals surface area contributed by atoms with Crippen molar-refractivity contribution in [2.75, 3.05) is 7.11 Å². The van der Waals surface area contributed by atoms with E-state index in [1.54, 1.807) is 12.1 Å². The zero-order valence-corrected chi connectivity index (χ0v) is 12.2. The van der Waals surface area contributed by atoms with E-state index in [1.807, 2.05) is 12.1 Å². The molecule has 0 atom stereocenters. The Morgan fingerprint density at radius 1 is 1.19 bits per heavy atom. The van der Waals surface area contributed by atoms with Gasteiger partial charge in [0.15, 0.2) is 0 Å². The van der Waals surface area contributed by atoms with Gasteiger partial charge < -0.3 is 15.2 Å². The van der Waals surface area contributed by atoms with Gasteiger partial charge in [0.1, 0.15) is 0 Å². The molecule has 1 aliphatic rings. The van der Waals surface area contributed by atoms with Gasteiger partial charge in [-0.3, -0.25) is 9.59 Å². The molecule has 1 amide bonds. The molecule has 0 bridgehead atoms. The molecular weight excluding hydrogens is 270 g/mol. The van der Waals surface area contributed by atoms with Crippen LogP contribution in [-0.2, 0) is 20.9 Å². The first-order valence-corrected chi connectivity index (χ1v) is 7.19. The minimum Gasteiger partial charge on any atom is -0.469 e. The van der Waals surface area contributed by atoms with Crippen molar-refractivity contribution in [3.63, 3.8) is 0 Å². The Balaban J connectivity index is 1.85. The maximum atomic E-state index is 11.5. The third-order valence-corrected chi connectivity index (χ3v) is 3.97. The van der Waals surface area contributed by atoms with Gasteiger partial charge in [0.05, 0.1) is 25.7 Å². The molecule has 0 heterocycles. The van der Waals surface area contributed by atoms with Crippen molar-refractivity contribution in [2.45, 2.75) is 38.4 Å². The zero-order chi connectivity index (χ0) is 15.2. The van der Waals surface area contributed by atoms with Gasteiger partial charge in [0, 0.05) is 5.56 Å². The van der Waals surface area contributed by atoms with Gasteiger partial charge >= 0.3 is 5.97 Å². The molecule has 0 unspecified atom stereocenters. The van der Waals surface area contributed by atoms with Crippen LogP contribution in [0.3, 0.4) is 0 Å². The summed E-state index contributed by atoms with van der Waals surface area (Å²) in [6.07, 6.45) is 3.35. The molecule has 1 fully saturated rings. The highest BCUT2D eigenvalue weighted by molar-refractivity contribution is 5.94. The lowest BCUT2D eigenvalue weighted by molar-refractivity contribution is -0.147. The standard InChI is InChI=1S/C16H21NO4/c1-20-16(19)11-6-8-13(9-7-11)21-10-12-4-2-3-5-14(12)15(17)18/h2-5,11,13H,6-10H2,1H3,(H2,17,18). The average molecular weight is 291 g/mol. The second-order valence-corrected chi connectivity index (χ2v) is 5.33. The van der Waals surface area contributed by atoms with Crippen LogP contribution in [-0.4, -0.2) is 25.1 Å². The number of nitrogens with two attached hydrogens (primary N) is 1. The summed E-state index contributed by atoms with van der Waals surface area (Å²) in [5, 5.41) is 0. The van der Waals surface area contributed by atoms with Gasteiger partial charge in [0.25, 0.3) is 0 Å². The van der Waals surface area contributed by atoms with E-state index in [0.29, 0.717) is 12.2 Å². The number of primary amides is 1. The summed E-state index contributed by atoms with van der Waals surface area (Å²) >= 11 is 0. The monoisotopic (exact) mass is 291 g/mol. The van der Waals surface area contributed by atoms with Crippen molar-refractivity contribution in [1.82, 2.24) is 0 Å². The highest BCUT2D eigenvalue weighted by atomic mass is 16.5. The Morgan fingerprint density at radius 3 is 2.48 bits per heavy atom. The van der Waals surface area contributed by atoms with Gasteiger partial charge in [-0.05, 0) is 37.3 Å². The van der Waals surface area contributed by atoms with Crippen LogP contribution in [0, 0.1) is 5.92 Å². The normalized spacial score (nSPS) is 21.8. The molecule has 5 nitrogen and oxygen atoms in total. The SMILES string of the molecule is COC(=O)C1CCC(OCc2ccccc2C(N)=O)CC1. The van der Waals surface area contributed by atoms with Crippen LogP contribution in [0.2, 0.25) is 0 Å². The molecule has 1 aliphatic carbocycles. The van der Waals surface area contributed by atoms with Crippen molar-refractivity contribution in [3.8, 4) is 0 Å². The fraction of sp³-hybridized carbons (Fsp3) is 0.500. The summed E-state index contributed by atoms with van der Waals surface area (Å²) in [7, 11) is 1.42. The van der Waals surface area contributed by atoms with Gasteiger partial charge in [-0.2, -0.15) is 0 Å². The Labute approximate surface area is 124 Å². The van der Waals surface area contributed by atoms with Crippen molar-refractivity contribution < 1.29 is 19.1 Å². The molecule has 2 N–H and O–H groups in total. The number of amides is 1. The smallest absolute Gasteiger partial charge is 0.308 e. The van der Waals surface area contributed by atoms with Gasteiger partial charge in [0.2, 0.25) is 5.91 Å². The van der Waals surface area contributed by atoms with Crippen molar-refractivity contribution in [2.24, 2.45) is 11.7 Å². The van der Waals surface area contributed by atoms with Crippen LogP contribution in [0.5, 0.6) is 0 Å². The fourth-order valence-corrected chi connectivity index (χ4v) is 2.73. The zero-order valence-electron chi connectivity index (χ0n) is 12.2. The van der Waals surface area contributed by atoms with E-state index in [1.165, 1.54) is 7.11 Å². The Hall–Kier alpha value is -1.88. The Bertz CT molecular complexity index is 507. The topological polar surface area (TPSA) is 78.6 Å². The summed E-state index contributed by atoms with van der Waals surface area (Å²) in [5.74, 6) is -0.580.